The van der Waals surface area contributed by atoms with Crippen LogP contribution in [0, 0.1) is 0 Å². The summed E-state index contributed by atoms with van der Waals surface area (Å²) in [5, 5.41) is 10.3. The zero-order valence-corrected chi connectivity index (χ0v) is 22.8. The number of fused-ring (bicyclic) bond motifs is 2. The minimum Gasteiger partial charge on any atom is -0.480 e. The summed E-state index contributed by atoms with van der Waals surface area (Å²) >= 11 is 0. The summed E-state index contributed by atoms with van der Waals surface area (Å²) in [5.74, 6) is -2.56. The number of rotatable bonds is 6. The molecule has 0 bridgehead atoms. The van der Waals surface area contributed by atoms with Crippen LogP contribution >= 0.6 is 0 Å². The number of halogens is 3. The molecule has 0 spiro atoms. The molecule has 0 radical (unpaired) electrons. The van der Waals surface area contributed by atoms with Crippen molar-refractivity contribution < 1.29 is 41.0 Å². The number of sulfonamides is 1. The van der Waals surface area contributed by atoms with Gasteiger partial charge in [0.1, 0.15) is 12.6 Å². The van der Waals surface area contributed by atoms with Gasteiger partial charge in [-0.25, -0.2) is 13.2 Å². The number of nitrogens with zero attached hydrogens (tertiary/aromatic N) is 2. The third-order valence-electron chi connectivity index (χ3n) is 7.09. The molecule has 1 N–H and O–H groups in total. The fourth-order valence-electron chi connectivity index (χ4n) is 5.26. The van der Waals surface area contributed by atoms with Gasteiger partial charge in [-0.2, -0.15) is 17.5 Å². The van der Waals surface area contributed by atoms with Crippen LogP contribution in [0.15, 0.2) is 82.6 Å². The molecule has 2 heterocycles. The number of methoxy groups -OCH3 is 1. The Kier molecular flexibility index (Phi) is 7.41. The van der Waals surface area contributed by atoms with Crippen LogP contribution < -0.4 is 5.56 Å². The third kappa shape index (κ3) is 5.16. The normalized spacial score (nSPS) is 16.6. The van der Waals surface area contributed by atoms with Crippen LogP contribution in [0.25, 0.3) is 21.9 Å². The van der Waals surface area contributed by atoms with Crippen LogP contribution in [-0.4, -0.2) is 54.5 Å². The van der Waals surface area contributed by atoms with Crippen molar-refractivity contribution in [1.29, 1.82) is 0 Å². The third-order valence-corrected chi connectivity index (χ3v) is 8.93. The molecule has 4 aromatic rings. The molecule has 218 valence electrons. The van der Waals surface area contributed by atoms with Gasteiger partial charge < -0.3 is 9.84 Å². The zero-order valence-electron chi connectivity index (χ0n) is 22.0. The van der Waals surface area contributed by atoms with E-state index in [0.717, 1.165) is 42.1 Å². The van der Waals surface area contributed by atoms with Crippen molar-refractivity contribution in [1.82, 2.24) is 8.87 Å². The number of carbonyl (C=O) groups is 2. The van der Waals surface area contributed by atoms with Crippen molar-refractivity contribution in [2.45, 2.75) is 23.7 Å². The van der Waals surface area contributed by atoms with E-state index in [9.17, 15) is 41.1 Å². The van der Waals surface area contributed by atoms with Crippen LogP contribution in [0.3, 0.4) is 0 Å². The maximum Gasteiger partial charge on any atom is 0.416 e. The van der Waals surface area contributed by atoms with Crippen LogP contribution in [0.2, 0.25) is 0 Å². The number of hydrogen-bond acceptors (Lipinski definition) is 6. The molecule has 42 heavy (non-hydrogen) atoms. The molecular weight excluding hydrogens is 577 g/mol. The van der Waals surface area contributed by atoms with Gasteiger partial charge in [-0.1, -0.05) is 54.6 Å². The lowest BCUT2D eigenvalue weighted by Gasteiger charge is -2.35. The van der Waals surface area contributed by atoms with E-state index in [-0.39, 0.29) is 23.1 Å². The molecule has 1 aromatic heterocycles. The van der Waals surface area contributed by atoms with E-state index in [2.05, 4.69) is 0 Å². The van der Waals surface area contributed by atoms with Gasteiger partial charge in [0.2, 0.25) is 0 Å². The van der Waals surface area contributed by atoms with Gasteiger partial charge in [-0.15, -0.1) is 0 Å². The number of benzene rings is 3. The molecule has 1 atom stereocenters. The summed E-state index contributed by atoms with van der Waals surface area (Å²) in [7, 11) is -3.82. The number of carbonyl (C=O) groups excluding carboxylic acids is 1. The number of alkyl halides is 3. The largest absolute Gasteiger partial charge is 0.480 e. The second-order valence-electron chi connectivity index (χ2n) is 9.68. The summed E-state index contributed by atoms with van der Waals surface area (Å²) in [6.45, 7) is -1.78. The van der Waals surface area contributed by atoms with E-state index in [0.29, 0.717) is 14.4 Å². The highest BCUT2D eigenvalue weighted by Crippen LogP contribution is 2.40. The predicted octanol–water partition coefficient (Wildman–Crippen LogP) is 4.08. The Balaban J connectivity index is 1.88. The molecule has 9 nitrogen and oxygen atoms in total. The molecule has 1 unspecified atom stereocenters. The van der Waals surface area contributed by atoms with Gasteiger partial charge in [-0.05, 0) is 46.0 Å². The summed E-state index contributed by atoms with van der Waals surface area (Å²) in [4.78, 5) is 38.0. The molecule has 0 saturated carbocycles. The van der Waals surface area contributed by atoms with Crippen LogP contribution in [0.1, 0.15) is 22.7 Å². The predicted molar refractivity (Wildman–Crippen MR) is 145 cm³/mol. The van der Waals surface area contributed by atoms with Crippen molar-refractivity contribution in [2.24, 2.45) is 0 Å². The van der Waals surface area contributed by atoms with Gasteiger partial charge in [0.25, 0.3) is 15.6 Å². The van der Waals surface area contributed by atoms with E-state index in [4.69, 9.17) is 4.74 Å². The van der Waals surface area contributed by atoms with E-state index >= 15 is 0 Å². The zero-order chi connectivity index (χ0) is 30.4. The second-order valence-corrected chi connectivity index (χ2v) is 11.5. The summed E-state index contributed by atoms with van der Waals surface area (Å²) < 4.78 is 75.2. The quantitative estimate of drug-likeness (QED) is 0.331. The molecule has 0 amide bonds. The number of aromatic nitrogens is 1. The van der Waals surface area contributed by atoms with Crippen LogP contribution in [-0.2, 0) is 36.9 Å². The van der Waals surface area contributed by atoms with Crippen LogP contribution in [0.5, 0.6) is 0 Å². The lowest BCUT2D eigenvalue weighted by molar-refractivity contribution is -0.146. The molecule has 3 aromatic carbocycles. The summed E-state index contributed by atoms with van der Waals surface area (Å²) in [6.07, 6.45) is -4.84. The maximum atomic E-state index is 14.0. The van der Waals surface area contributed by atoms with Crippen molar-refractivity contribution in [3.8, 4) is 11.1 Å². The van der Waals surface area contributed by atoms with Crippen LogP contribution in [0.4, 0.5) is 13.2 Å². The average Bonchev–Trinajstić information content (AvgIpc) is 2.94. The molecule has 13 heteroatoms. The van der Waals surface area contributed by atoms with Gasteiger partial charge in [-0.3, -0.25) is 14.2 Å². The highest BCUT2D eigenvalue weighted by atomic mass is 32.2. The topological polar surface area (TPSA) is 123 Å². The highest BCUT2D eigenvalue weighted by molar-refractivity contribution is 7.89. The first-order chi connectivity index (χ1) is 19.8. The molecule has 0 fully saturated rings. The van der Waals surface area contributed by atoms with Gasteiger partial charge in [0, 0.05) is 18.2 Å². The minimum absolute atomic E-state index is 0.0621. The van der Waals surface area contributed by atoms with Crippen molar-refractivity contribution in [3.63, 3.8) is 0 Å². The lowest BCUT2D eigenvalue weighted by Crippen LogP contribution is -2.51. The Hall–Kier alpha value is -4.49. The Morgan fingerprint density at radius 3 is 2.38 bits per heavy atom. The average molecular weight is 601 g/mol. The Morgan fingerprint density at radius 2 is 1.69 bits per heavy atom. The monoisotopic (exact) mass is 600 g/mol. The van der Waals surface area contributed by atoms with Crippen molar-refractivity contribution >= 4 is 32.7 Å². The fraction of sp³-hybridized carbons (Fsp3) is 0.207. The van der Waals surface area contributed by atoms with E-state index < -0.39 is 63.4 Å². The Morgan fingerprint density at radius 1 is 1.00 bits per heavy atom. The number of hydrogen-bond donors (Lipinski definition) is 1. The number of carboxylic acids is 1. The lowest BCUT2D eigenvalue weighted by atomic mass is 9.93. The molecule has 0 aliphatic carbocycles. The first-order valence-corrected chi connectivity index (χ1v) is 14.0. The first kappa shape index (κ1) is 29.0. The number of pyridine rings is 1. The fourth-order valence-corrected chi connectivity index (χ4v) is 7.09. The SMILES string of the molecule is COC(=O)C1CN(CC(=O)O)S(=O)(=O)c2c(-c3cccc(C(F)(F)F)c3)c(Cc3cccc4ccccc34)cc(=O)n21. The van der Waals surface area contributed by atoms with E-state index in [1.165, 1.54) is 6.07 Å². The Bertz CT molecular complexity index is 1900. The maximum absolute atomic E-state index is 14.0. The smallest absolute Gasteiger partial charge is 0.416 e. The number of carboxylic acid groups (broad SMARTS) is 1. The van der Waals surface area contributed by atoms with Gasteiger partial charge >= 0.3 is 18.1 Å². The standard InChI is InChI=1S/C29H23F3N2O7S/c1-41-28(38)23-15-33(16-25(36)37)42(39,40)27-26(19-9-5-10-21(13-19)29(30,31)32)20(14-24(35)34(23)27)12-18-8-4-7-17-6-2-3-11-22(17)18/h2-11,13-14,23H,12,15-16H2,1H3,(H,36,37). The summed E-state index contributed by atoms with van der Waals surface area (Å²) in [6, 6.07) is 16.1. The minimum atomic E-state index is -4.83. The van der Waals surface area contributed by atoms with E-state index in [1.54, 1.807) is 18.2 Å². The molecular formula is C29H23F3N2O7S. The van der Waals surface area contributed by atoms with E-state index in [1.807, 2.05) is 24.3 Å². The molecule has 5 rings (SSSR count). The van der Waals surface area contributed by atoms with Gasteiger partial charge in [0.05, 0.1) is 12.7 Å². The highest BCUT2D eigenvalue weighted by Gasteiger charge is 2.44. The van der Waals surface area contributed by atoms with Crippen molar-refractivity contribution in [2.75, 3.05) is 20.2 Å². The molecule has 1 aliphatic heterocycles. The number of aliphatic carboxylic acids is 1. The Labute approximate surface area is 237 Å². The first-order valence-electron chi connectivity index (χ1n) is 12.6. The number of esters is 1. The van der Waals surface area contributed by atoms with Crippen molar-refractivity contribution in [3.05, 3.63) is 99.8 Å². The molecule has 1 aliphatic rings. The number of ether oxygens (including phenoxy) is 1. The van der Waals surface area contributed by atoms with Gasteiger partial charge in [0.15, 0.2) is 5.03 Å². The summed E-state index contributed by atoms with van der Waals surface area (Å²) in [5.41, 5.74) is -1.69. The second kappa shape index (κ2) is 10.7. The molecule has 0 saturated heterocycles.